The Morgan fingerprint density at radius 1 is 0.905 bits per heavy atom. The molecule has 0 bridgehead atoms. The maximum atomic E-state index is 9.67. The molecule has 0 unspecified atom stereocenters. The smallest absolute Gasteiger partial charge is 0.125 e. The van der Waals surface area contributed by atoms with Gasteiger partial charge in [0.1, 0.15) is 30.5 Å². The van der Waals surface area contributed by atoms with Gasteiger partial charge in [-0.25, -0.2) is 0 Å². The molecule has 21 heavy (non-hydrogen) atoms. The molecule has 2 aromatic carbocycles. The fourth-order valence-electron chi connectivity index (χ4n) is 1.94. The lowest BCUT2D eigenvalue weighted by molar-refractivity contribution is 0.182. The van der Waals surface area contributed by atoms with Gasteiger partial charge in [0.25, 0.3) is 0 Å². The van der Waals surface area contributed by atoms with Crippen molar-refractivity contribution in [3.05, 3.63) is 54.1 Å². The van der Waals surface area contributed by atoms with E-state index in [1.54, 1.807) is 14.0 Å². The number of benzene rings is 2. The van der Waals surface area contributed by atoms with E-state index in [1.807, 2.05) is 48.5 Å². The highest BCUT2D eigenvalue weighted by molar-refractivity contribution is 5.34. The lowest BCUT2D eigenvalue weighted by Crippen LogP contribution is -2.10. The van der Waals surface area contributed by atoms with Crippen molar-refractivity contribution in [3.8, 4) is 17.2 Å². The van der Waals surface area contributed by atoms with E-state index in [1.165, 1.54) is 0 Å². The lowest BCUT2D eigenvalue weighted by Gasteiger charge is -2.13. The largest absolute Gasteiger partial charge is 0.497 e. The molecule has 1 atom stereocenters. The van der Waals surface area contributed by atoms with Gasteiger partial charge in [-0.1, -0.05) is 18.2 Å². The number of aliphatic hydroxyl groups is 1. The zero-order chi connectivity index (χ0) is 15.1. The SMILES string of the molecule is COc1ccc(OCCOc2ccccc2[C@@H](C)O)cc1. The monoisotopic (exact) mass is 288 g/mol. The molecular formula is C17H20O4. The van der Waals surface area contributed by atoms with E-state index in [9.17, 15) is 5.11 Å². The van der Waals surface area contributed by atoms with Gasteiger partial charge in [0.2, 0.25) is 0 Å². The third-order valence-electron chi connectivity index (χ3n) is 3.04. The Morgan fingerprint density at radius 2 is 1.52 bits per heavy atom. The van der Waals surface area contributed by atoms with Crippen molar-refractivity contribution in [1.29, 1.82) is 0 Å². The van der Waals surface area contributed by atoms with Gasteiger partial charge in [-0.05, 0) is 37.3 Å². The molecular weight excluding hydrogens is 268 g/mol. The first-order valence-corrected chi connectivity index (χ1v) is 6.87. The summed E-state index contributed by atoms with van der Waals surface area (Å²) in [4.78, 5) is 0. The van der Waals surface area contributed by atoms with E-state index in [-0.39, 0.29) is 0 Å². The first-order valence-electron chi connectivity index (χ1n) is 6.87. The fourth-order valence-corrected chi connectivity index (χ4v) is 1.94. The van der Waals surface area contributed by atoms with Crippen LogP contribution in [0, 0.1) is 0 Å². The van der Waals surface area contributed by atoms with Crippen molar-refractivity contribution in [3.63, 3.8) is 0 Å². The number of hydrogen-bond acceptors (Lipinski definition) is 4. The van der Waals surface area contributed by atoms with Gasteiger partial charge >= 0.3 is 0 Å². The molecule has 0 amide bonds. The van der Waals surface area contributed by atoms with E-state index >= 15 is 0 Å². The average molecular weight is 288 g/mol. The van der Waals surface area contributed by atoms with E-state index in [0.717, 1.165) is 17.1 Å². The van der Waals surface area contributed by atoms with E-state index in [2.05, 4.69) is 0 Å². The highest BCUT2D eigenvalue weighted by Crippen LogP contribution is 2.24. The predicted octanol–water partition coefficient (Wildman–Crippen LogP) is 3.21. The molecule has 0 aliphatic heterocycles. The Bertz CT molecular complexity index is 549. The minimum atomic E-state index is -0.552. The van der Waals surface area contributed by atoms with Gasteiger partial charge in [0, 0.05) is 5.56 Å². The molecule has 0 radical (unpaired) electrons. The van der Waals surface area contributed by atoms with Crippen LogP contribution < -0.4 is 14.2 Å². The van der Waals surface area contributed by atoms with Crippen LogP contribution in [0.2, 0.25) is 0 Å². The first-order chi connectivity index (χ1) is 10.2. The van der Waals surface area contributed by atoms with Crippen LogP contribution in [0.4, 0.5) is 0 Å². The van der Waals surface area contributed by atoms with E-state index in [4.69, 9.17) is 14.2 Å². The van der Waals surface area contributed by atoms with Gasteiger partial charge in [-0.15, -0.1) is 0 Å². The maximum Gasteiger partial charge on any atom is 0.125 e. The Kier molecular flexibility index (Phi) is 5.46. The van der Waals surface area contributed by atoms with Crippen LogP contribution >= 0.6 is 0 Å². The molecule has 0 aromatic heterocycles. The van der Waals surface area contributed by atoms with Crippen molar-refractivity contribution in [2.75, 3.05) is 20.3 Å². The topological polar surface area (TPSA) is 47.9 Å². The molecule has 0 saturated heterocycles. The van der Waals surface area contributed by atoms with Crippen LogP contribution in [0.25, 0.3) is 0 Å². The second kappa shape index (κ2) is 7.55. The molecule has 4 nitrogen and oxygen atoms in total. The van der Waals surface area contributed by atoms with Crippen LogP contribution in [0.1, 0.15) is 18.6 Å². The van der Waals surface area contributed by atoms with Gasteiger partial charge in [-0.2, -0.15) is 0 Å². The third kappa shape index (κ3) is 4.39. The molecule has 0 heterocycles. The Morgan fingerprint density at radius 3 is 2.19 bits per heavy atom. The predicted molar refractivity (Wildman–Crippen MR) is 81.1 cm³/mol. The number of hydrogen-bond donors (Lipinski definition) is 1. The molecule has 0 fully saturated rings. The zero-order valence-corrected chi connectivity index (χ0v) is 12.3. The highest BCUT2D eigenvalue weighted by Gasteiger charge is 2.07. The van der Waals surface area contributed by atoms with Gasteiger partial charge in [-0.3, -0.25) is 0 Å². The third-order valence-corrected chi connectivity index (χ3v) is 3.04. The van der Waals surface area contributed by atoms with Crippen LogP contribution in [-0.2, 0) is 0 Å². The van der Waals surface area contributed by atoms with Crippen molar-refractivity contribution in [1.82, 2.24) is 0 Å². The molecule has 1 N–H and O–H groups in total. The summed E-state index contributed by atoms with van der Waals surface area (Å²) in [5, 5.41) is 9.67. The van der Waals surface area contributed by atoms with Gasteiger partial charge in [0.05, 0.1) is 13.2 Å². The molecule has 0 saturated carbocycles. The summed E-state index contributed by atoms with van der Waals surface area (Å²) in [5.41, 5.74) is 0.780. The maximum absolute atomic E-state index is 9.67. The summed E-state index contributed by atoms with van der Waals surface area (Å²) in [7, 11) is 1.63. The van der Waals surface area contributed by atoms with Crippen LogP contribution in [0.3, 0.4) is 0 Å². The van der Waals surface area contributed by atoms with Crippen LogP contribution in [-0.4, -0.2) is 25.4 Å². The second-order valence-electron chi connectivity index (χ2n) is 4.59. The highest BCUT2D eigenvalue weighted by atomic mass is 16.5. The summed E-state index contributed by atoms with van der Waals surface area (Å²) < 4.78 is 16.3. The standard InChI is InChI=1S/C17H20O4/c1-13(18)16-5-3-4-6-17(16)21-12-11-20-15-9-7-14(19-2)8-10-15/h3-10,13,18H,11-12H2,1-2H3/t13-/m1/s1. The number of para-hydroxylation sites is 1. The van der Waals surface area contributed by atoms with Crippen LogP contribution in [0.15, 0.2) is 48.5 Å². The van der Waals surface area contributed by atoms with Crippen molar-refractivity contribution >= 4 is 0 Å². The normalized spacial score (nSPS) is 11.8. The molecule has 0 spiro atoms. The Balaban J connectivity index is 1.82. The fraction of sp³-hybridized carbons (Fsp3) is 0.294. The number of ether oxygens (including phenoxy) is 3. The summed E-state index contributed by atoms with van der Waals surface area (Å²) in [6.45, 7) is 2.56. The lowest BCUT2D eigenvalue weighted by atomic mass is 10.1. The molecule has 4 heteroatoms. The van der Waals surface area contributed by atoms with Gasteiger partial charge in [0.15, 0.2) is 0 Å². The number of aliphatic hydroxyl groups excluding tert-OH is 1. The summed E-state index contributed by atoms with van der Waals surface area (Å²) in [6.07, 6.45) is -0.552. The molecule has 0 aliphatic carbocycles. The zero-order valence-electron chi connectivity index (χ0n) is 12.3. The Labute approximate surface area is 124 Å². The quantitative estimate of drug-likeness (QED) is 0.795. The molecule has 112 valence electrons. The average Bonchev–Trinajstić information content (AvgIpc) is 2.52. The number of methoxy groups -OCH3 is 1. The first kappa shape index (κ1) is 15.2. The summed E-state index contributed by atoms with van der Waals surface area (Å²) in [5.74, 6) is 2.25. The minimum absolute atomic E-state index is 0.412. The van der Waals surface area contributed by atoms with Gasteiger partial charge < -0.3 is 19.3 Å². The van der Waals surface area contributed by atoms with Crippen LogP contribution in [0.5, 0.6) is 17.2 Å². The molecule has 2 aromatic rings. The summed E-state index contributed by atoms with van der Waals surface area (Å²) in [6, 6.07) is 14.8. The second-order valence-corrected chi connectivity index (χ2v) is 4.59. The minimum Gasteiger partial charge on any atom is -0.497 e. The Hall–Kier alpha value is -2.20. The summed E-state index contributed by atoms with van der Waals surface area (Å²) >= 11 is 0. The van der Waals surface area contributed by atoms with Crippen molar-refractivity contribution in [2.24, 2.45) is 0 Å². The van der Waals surface area contributed by atoms with E-state index < -0.39 is 6.10 Å². The van der Waals surface area contributed by atoms with Crippen molar-refractivity contribution in [2.45, 2.75) is 13.0 Å². The van der Waals surface area contributed by atoms with E-state index in [0.29, 0.717) is 19.0 Å². The van der Waals surface area contributed by atoms with Crippen molar-refractivity contribution < 1.29 is 19.3 Å². The molecule has 2 rings (SSSR count). The number of rotatable bonds is 7. The molecule has 0 aliphatic rings.